The zero-order valence-corrected chi connectivity index (χ0v) is 16.6. The number of nitrogens with zero attached hydrogens (tertiary/aromatic N) is 5. The molecule has 0 bridgehead atoms. The summed E-state index contributed by atoms with van der Waals surface area (Å²) in [5.74, 6) is 0. The van der Waals surface area contributed by atoms with Gasteiger partial charge in [0.1, 0.15) is 0 Å². The van der Waals surface area contributed by atoms with E-state index in [-0.39, 0.29) is 0 Å². The second-order valence-electron chi connectivity index (χ2n) is 6.99. The second-order valence-corrected chi connectivity index (χ2v) is 8.37. The quantitative estimate of drug-likeness (QED) is 0.491. The normalized spacial score (nSPS) is 16.4. The summed E-state index contributed by atoms with van der Waals surface area (Å²) in [7, 11) is 0. The summed E-state index contributed by atoms with van der Waals surface area (Å²) in [5, 5.41) is 4.77. The van der Waals surface area contributed by atoms with Crippen molar-refractivity contribution in [1.29, 1.82) is 0 Å². The van der Waals surface area contributed by atoms with E-state index in [0.717, 1.165) is 54.6 Å². The van der Waals surface area contributed by atoms with Crippen LogP contribution in [0.2, 0.25) is 0 Å². The molecule has 3 heterocycles. The standard InChI is InChI=1S/C20H21N5S2/c26-20-24(21-19-25(20)17-8-4-5-9-18(17)27-19)15-23-12-10-22(11-13-23)14-16-6-2-1-3-7-16/h1-9H,10-15H2. The molecule has 0 atom stereocenters. The smallest absolute Gasteiger partial charge is 0.216 e. The first kappa shape index (κ1) is 17.1. The van der Waals surface area contributed by atoms with Crippen LogP contribution < -0.4 is 0 Å². The Balaban J connectivity index is 1.28. The Hall–Kier alpha value is -2.06. The highest BCUT2D eigenvalue weighted by molar-refractivity contribution is 7.71. The summed E-state index contributed by atoms with van der Waals surface area (Å²) >= 11 is 7.42. The van der Waals surface area contributed by atoms with Gasteiger partial charge in [0.2, 0.25) is 9.73 Å². The number of hydrogen-bond donors (Lipinski definition) is 0. The second kappa shape index (κ2) is 7.16. The van der Waals surface area contributed by atoms with E-state index in [1.165, 1.54) is 10.3 Å². The van der Waals surface area contributed by atoms with Crippen LogP contribution >= 0.6 is 23.6 Å². The fourth-order valence-corrected chi connectivity index (χ4v) is 5.06. The minimum atomic E-state index is 0.765. The minimum Gasteiger partial charge on any atom is -0.297 e. The van der Waals surface area contributed by atoms with Crippen LogP contribution in [0.1, 0.15) is 5.56 Å². The fraction of sp³-hybridized carbons (Fsp3) is 0.300. The van der Waals surface area contributed by atoms with Crippen molar-refractivity contribution >= 4 is 38.7 Å². The van der Waals surface area contributed by atoms with Crippen LogP contribution in [-0.2, 0) is 13.2 Å². The van der Waals surface area contributed by atoms with Gasteiger partial charge in [0.15, 0.2) is 0 Å². The lowest BCUT2D eigenvalue weighted by Crippen LogP contribution is -2.46. The molecule has 4 aromatic rings. The lowest BCUT2D eigenvalue weighted by atomic mass is 10.2. The monoisotopic (exact) mass is 395 g/mol. The number of piperazine rings is 1. The number of aromatic nitrogens is 3. The van der Waals surface area contributed by atoms with Crippen molar-refractivity contribution in [3.05, 3.63) is 64.9 Å². The Morgan fingerprint density at radius 2 is 1.59 bits per heavy atom. The fourth-order valence-electron chi connectivity index (χ4n) is 3.70. The highest BCUT2D eigenvalue weighted by Crippen LogP contribution is 2.25. The van der Waals surface area contributed by atoms with Crippen molar-refractivity contribution < 1.29 is 0 Å². The summed E-state index contributed by atoms with van der Waals surface area (Å²) in [6, 6.07) is 19.1. The Bertz CT molecular complexity index is 1120. The molecule has 0 radical (unpaired) electrons. The zero-order chi connectivity index (χ0) is 18.2. The van der Waals surface area contributed by atoms with Crippen molar-refractivity contribution in [3.63, 3.8) is 0 Å². The van der Waals surface area contributed by atoms with E-state index in [2.05, 4.69) is 68.8 Å². The molecular formula is C20H21N5S2. The predicted octanol–water partition coefficient (Wildman–Crippen LogP) is 3.86. The molecule has 7 heteroatoms. The van der Waals surface area contributed by atoms with Crippen LogP contribution in [0.4, 0.5) is 0 Å². The van der Waals surface area contributed by atoms with Gasteiger partial charge in [-0.2, -0.15) is 0 Å². The molecule has 2 aromatic carbocycles. The number of rotatable bonds is 4. The Labute approximate surface area is 167 Å². The van der Waals surface area contributed by atoms with Gasteiger partial charge in [-0.25, -0.2) is 4.68 Å². The van der Waals surface area contributed by atoms with Crippen LogP contribution in [0.15, 0.2) is 54.6 Å². The topological polar surface area (TPSA) is 28.7 Å². The Kier molecular flexibility index (Phi) is 4.53. The highest BCUT2D eigenvalue weighted by atomic mass is 32.1. The van der Waals surface area contributed by atoms with Gasteiger partial charge in [-0.15, -0.1) is 5.10 Å². The Morgan fingerprint density at radius 1 is 0.889 bits per heavy atom. The van der Waals surface area contributed by atoms with Gasteiger partial charge >= 0.3 is 0 Å². The molecule has 0 saturated carbocycles. The van der Waals surface area contributed by atoms with E-state index in [0.29, 0.717) is 0 Å². The van der Waals surface area contributed by atoms with Gasteiger partial charge in [-0.3, -0.25) is 14.2 Å². The van der Waals surface area contributed by atoms with Crippen molar-refractivity contribution in [2.75, 3.05) is 26.2 Å². The van der Waals surface area contributed by atoms with Gasteiger partial charge in [-0.05, 0) is 29.9 Å². The largest absolute Gasteiger partial charge is 0.297 e. The van der Waals surface area contributed by atoms with E-state index in [1.54, 1.807) is 11.3 Å². The van der Waals surface area contributed by atoms with Crippen LogP contribution in [0.3, 0.4) is 0 Å². The number of benzene rings is 2. The number of hydrogen-bond acceptors (Lipinski definition) is 5. The van der Waals surface area contributed by atoms with Crippen molar-refractivity contribution in [1.82, 2.24) is 24.0 Å². The van der Waals surface area contributed by atoms with E-state index < -0.39 is 0 Å². The first-order valence-electron chi connectivity index (χ1n) is 9.24. The third-order valence-corrected chi connectivity index (χ3v) is 6.57. The van der Waals surface area contributed by atoms with E-state index in [4.69, 9.17) is 17.3 Å². The van der Waals surface area contributed by atoms with Crippen molar-refractivity contribution in [2.45, 2.75) is 13.2 Å². The molecule has 0 spiro atoms. The lowest BCUT2D eigenvalue weighted by molar-refractivity contribution is 0.0983. The van der Waals surface area contributed by atoms with Gasteiger partial charge in [0.05, 0.1) is 16.9 Å². The molecule has 0 N–H and O–H groups in total. The van der Waals surface area contributed by atoms with Gasteiger partial charge in [0, 0.05) is 32.7 Å². The minimum absolute atomic E-state index is 0.765. The SMILES string of the molecule is S=c1n(CN2CCN(Cc3ccccc3)CC2)nc2sc3ccccc3n12. The lowest BCUT2D eigenvalue weighted by Gasteiger charge is -2.34. The maximum Gasteiger partial charge on any atom is 0.216 e. The number of para-hydroxylation sites is 1. The molecule has 2 aromatic heterocycles. The highest BCUT2D eigenvalue weighted by Gasteiger charge is 2.19. The summed E-state index contributed by atoms with van der Waals surface area (Å²) in [5.41, 5.74) is 2.54. The molecule has 138 valence electrons. The average Bonchev–Trinajstić information content (AvgIpc) is 3.21. The third kappa shape index (κ3) is 3.32. The molecule has 0 unspecified atom stereocenters. The molecule has 0 aliphatic carbocycles. The van der Waals surface area contributed by atoms with Crippen LogP contribution in [0.5, 0.6) is 0 Å². The molecule has 1 aliphatic rings. The molecule has 5 rings (SSSR count). The number of thiazole rings is 1. The first-order valence-corrected chi connectivity index (χ1v) is 10.5. The first-order chi connectivity index (χ1) is 13.3. The van der Waals surface area contributed by atoms with Crippen LogP contribution in [-0.4, -0.2) is 50.2 Å². The Morgan fingerprint density at radius 3 is 2.41 bits per heavy atom. The molecule has 1 fully saturated rings. The summed E-state index contributed by atoms with van der Waals surface area (Å²) in [6.45, 7) is 6.03. The van der Waals surface area contributed by atoms with Crippen molar-refractivity contribution in [2.24, 2.45) is 0 Å². The van der Waals surface area contributed by atoms with E-state index in [9.17, 15) is 0 Å². The maximum absolute atomic E-state index is 5.72. The maximum atomic E-state index is 5.72. The molecular weight excluding hydrogens is 374 g/mol. The van der Waals surface area contributed by atoms with Crippen LogP contribution in [0.25, 0.3) is 15.2 Å². The van der Waals surface area contributed by atoms with Gasteiger partial charge in [0.25, 0.3) is 0 Å². The molecule has 1 aliphatic heterocycles. The molecule has 0 amide bonds. The summed E-state index contributed by atoms with van der Waals surface area (Å²) in [6.07, 6.45) is 0. The molecule has 5 nitrogen and oxygen atoms in total. The average molecular weight is 396 g/mol. The van der Waals surface area contributed by atoms with E-state index >= 15 is 0 Å². The third-order valence-electron chi connectivity index (χ3n) is 5.16. The summed E-state index contributed by atoms with van der Waals surface area (Å²) in [4.78, 5) is 5.94. The van der Waals surface area contributed by atoms with Crippen molar-refractivity contribution in [3.8, 4) is 0 Å². The molecule has 27 heavy (non-hydrogen) atoms. The number of fused-ring (bicyclic) bond motifs is 3. The van der Waals surface area contributed by atoms with Crippen LogP contribution in [0, 0.1) is 4.77 Å². The predicted molar refractivity (Wildman–Crippen MR) is 113 cm³/mol. The zero-order valence-electron chi connectivity index (χ0n) is 15.0. The molecule has 1 saturated heterocycles. The van der Waals surface area contributed by atoms with Gasteiger partial charge in [-0.1, -0.05) is 53.8 Å². The van der Waals surface area contributed by atoms with E-state index in [1.807, 2.05) is 4.68 Å². The summed E-state index contributed by atoms with van der Waals surface area (Å²) < 4.78 is 6.09. The van der Waals surface area contributed by atoms with Gasteiger partial charge < -0.3 is 0 Å².